The molecule has 1 fully saturated rings. The van der Waals surface area contributed by atoms with Gasteiger partial charge in [0.25, 0.3) is 0 Å². The second-order valence-electron chi connectivity index (χ2n) is 8.28. The molecule has 2 aromatic heterocycles. The number of aliphatic hydroxyl groups excluding tert-OH is 1. The van der Waals surface area contributed by atoms with E-state index in [0.717, 1.165) is 12.1 Å². The van der Waals surface area contributed by atoms with E-state index in [1.165, 1.54) is 6.20 Å². The Morgan fingerprint density at radius 2 is 2.08 bits per heavy atom. The van der Waals surface area contributed by atoms with Crippen molar-refractivity contribution in [3.8, 4) is 17.6 Å². The fraction of sp³-hybridized carbons (Fsp3) is 0.222. The fourth-order valence-corrected chi connectivity index (χ4v) is 4.21. The van der Waals surface area contributed by atoms with Gasteiger partial charge in [0, 0.05) is 41.5 Å². The molecule has 36 heavy (non-hydrogen) atoms. The van der Waals surface area contributed by atoms with Crippen LogP contribution in [0.3, 0.4) is 0 Å². The number of benzene rings is 2. The van der Waals surface area contributed by atoms with Crippen molar-refractivity contribution in [3.05, 3.63) is 82.8 Å². The van der Waals surface area contributed by atoms with E-state index in [-0.39, 0.29) is 12.7 Å². The average molecular weight is 503 g/mol. The van der Waals surface area contributed by atoms with Crippen LogP contribution in [0.15, 0.2) is 60.9 Å². The van der Waals surface area contributed by atoms with Crippen LogP contribution < -0.4 is 14.8 Å². The van der Waals surface area contributed by atoms with Crippen molar-refractivity contribution in [2.45, 2.75) is 25.7 Å². The topological polar surface area (TPSA) is 110 Å². The zero-order chi connectivity index (χ0) is 24.9. The van der Waals surface area contributed by atoms with Gasteiger partial charge >= 0.3 is 0 Å². The second-order valence-corrected chi connectivity index (χ2v) is 8.68. The smallest absolute Gasteiger partial charge is 0.138 e. The summed E-state index contributed by atoms with van der Waals surface area (Å²) in [6, 6.07) is 16.7. The lowest BCUT2D eigenvalue weighted by Crippen LogP contribution is -2.16. The van der Waals surface area contributed by atoms with E-state index in [2.05, 4.69) is 21.4 Å². The standard InChI is InChI=1S/C27H23ClN4O4/c28-23-10-19(4-5-25(23)35-15-20-3-1-2-7-30-20)32-27-18(12-29)13-31-24-11-26(17(14-33)9-22(24)27)36-21-6-8-34-16-21/h1-5,7,9-11,13,21,33H,6,8,14-16H2,(H,31,32). The minimum atomic E-state index is -0.219. The molecule has 0 spiro atoms. The molecule has 0 radical (unpaired) electrons. The summed E-state index contributed by atoms with van der Waals surface area (Å²) in [5.41, 5.74) is 3.61. The summed E-state index contributed by atoms with van der Waals surface area (Å²) in [4.78, 5) is 8.69. The highest BCUT2D eigenvalue weighted by molar-refractivity contribution is 6.32. The molecular formula is C27H23ClN4O4. The van der Waals surface area contributed by atoms with Crippen LogP contribution in [-0.4, -0.2) is 34.4 Å². The van der Waals surface area contributed by atoms with E-state index < -0.39 is 0 Å². The maximum absolute atomic E-state index is 10.0. The van der Waals surface area contributed by atoms with Gasteiger partial charge in [0.15, 0.2) is 0 Å². The van der Waals surface area contributed by atoms with E-state index in [1.807, 2.05) is 24.3 Å². The van der Waals surface area contributed by atoms with Gasteiger partial charge in [0.2, 0.25) is 0 Å². The summed E-state index contributed by atoms with van der Waals surface area (Å²) in [6.45, 7) is 1.24. The number of aromatic nitrogens is 2. The molecule has 2 aromatic carbocycles. The summed E-state index contributed by atoms with van der Waals surface area (Å²) in [6.07, 6.45) is 3.94. The number of aliphatic hydroxyl groups is 1. The van der Waals surface area contributed by atoms with Crippen LogP contribution in [-0.2, 0) is 18.0 Å². The number of hydrogen-bond donors (Lipinski definition) is 2. The molecule has 1 aliphatic heterocycles. The third-order valence-electron chi connectivity index (χ3n) is 5.83. The van der Waals surface area contributed by atoms with Crippen LogP contribution in [0.25, 0.3) is 10.9 Å². The monoisotopic (exact) mass is 502 g/mol. The largest absolute Gasteiger partial charge is 0.487 e. The molecule has 0 saturated carbocycles. The Balaban J connectivity index is 1.43. The number of rotatable bonds is 8. The third-order valence-corrected chi connectivity index (χ3v) is 6.12. The van der Waals surface area contributed by atoms with Crippen LogP contribution >= 0.6 is 11.6 Å². The number of halogens is 1. The average Bonchev–Trinajstić information content (AvgIpc) is 3.42. The molecule has 0 aliphatic carbocycles. The Morgan fingerprint density at radius 3 is 2.81 bits per heavy atom. The molecule has 3 heterocycles. The first-order chi connectivity index (χ1) is 17.6. The van der Waals surface area contributed by atoms with Crippen LogP contribution in [0.1, 0.15) is 23.2 Å². The van der Waals surface area contributed by atoms with Crippen LogP contribution in [0, 0.1) is 11.3 Å². The van der Waals surface area contributed by atoms with Gasteiger partial charge in [-0.15, -0.1) is 0 Å². The van der Waals surface area contributed by atoms with Crippen LogP contribution in [0.5, 0.6) is 11.5 Å². The minimum absolute atomic E-state index is 0.0655. The maximum atomic E-state index is 10.0. The van der Waals surface area contributed by atoms with Crippen molar-refractivity contribution in [3.63, 3.8) is 0 Å². The van der Waals surface area contributed by atoms with E-state index >= 15 is 0 Å². The first-order valence-corrected chi connectivity index (χ1v) is 11.8. The fourth-order valence-electron chi connectivity index (χ4n) is 3.98. The molecule has 1 saturated heterocycles. The zero-order valence-electron chi connectivity index (χ0n) is 19.3. The normalized spacial score (nSPS) is 15.0. The zero-order valence-corrected chi connectivity index (χ0v) is 20.0. The van der Waals surface area contributed by atoms with Gasteiger partial charge in [-0.25, -0.2) is 0 Å². The SMILES string of the molecule is N#Cc1cnc2cc(OC3CCOC3)c(CO)cc2c1Nc1ccc(OCc2ccccn2)c(Cl)c1. The first-order valence-electron chi connectivity index (χ1n) is 11.4. The molecule has 182 valence electrons. The molecule has 2 N–H and O–H groups in total. The molecule has 0 amide bonds. The molecule has 5 rings (SSSR count). The minimum Gasteiger partial charge on any atom is -0.487 e. The number of nitrogens with one attached hydrogen (secondary N) is 1. The highest BCUT2D eigenvalue weighted by atomic mass is 35.5. The molecule has 4 aromatic rings. The lowest BCUT2D eigenvalue weighted by Gasteiger charge is -2.18. The van der Waals surface area contributed by atoms with Crippen molar-refractivity contribution >= 4 is 33.9 Å². The highest BCUT2D eigenvalue weighted by Gasteiger charge is 2.20. The molecular weight excluding hydrogens is 480 g/mol. The Labute approximate surface area is 213 Å². The molecule has 1 atom stereocenters. The third kappa shape index (κ3) is 5.19. The number of fused-ring (bicyclic) bond motifs is 1. The van der Waals surface area contributed by atoms with E-state index in [4.69, 9.17) is 25.8 Å². The molecule has 1 aliphatic rings. The van der Waals surface area contributed by atoms with Gasteiger partial charge in [0.05, 0.1) is 47.3 Å². The van der Waals surface area contributed by atoms with E-state index in [1.54, 1.807) is 30.5 Å². The predicted molar refractivity (Wildman–Crippen MR) is 136 cm³/mol. The highest BCUT2D eigenvalue weighted by Crippen LogP contribution is 2.36. The van der Waals surface area contributed by atoms with Crippen molar-refractivity contribution in [2.75, 3.05) is 18.5 Å². The summed E-state index contributed by atoms with van der Waals surface area (Å²) < 4.78 is 17.3. The van der Waals surface area contributed by atoms with Crippen LogP contribution in [0.4, 0.5) is 11.4 Å². The summed E-state index contributed by atoms with van der Waals surface area (Å²) in [5, 5.41) is 24.1. The molecule has 9 heteroatoms. The Bertz CT molecular complexity index is 1420. The number of nitrogens with zero attached hydrogens (tertiary/aromatic N) is 3. The van der Waals surface area contributed by atoms with Crippen molar-refractivity contribution in [2.24, 2.45) is 0 Å². The quantitative estimate of drug-likeness (QED) is 0.341. The summed E-state index contributed by atoms with van der Waals surface area (Å²) >= 11 is 6.48. The lowest BCUT2D eigenvalue weighted by molar-refractivity contribution is 0.139. The number of pyridine rings is 2. The van der Waals surface area contributed by atoms with Gasteiger partial charge in [-0.05, 0) is 36.4 Å². The summed E-state index contributed by atoms with van der Waals surface area (Å²) in [7, 11) is 0. The van der Waals surface area contributed by atoms with Gasteiger partial charge in [-0.3, -0.25) is 9.97 Å². The maximum Gasteiger partial charge on any atom is 0.138 e. The van der Waals surface area contributed by atoms with Gasteiger partial charge in [-0.1, -0.05) is 17.7 Å². The molecule has 1 unspecified atom stereocenters. The van der Waals surface area contributed by atoms with Gasteiger partial charge in [0.1, 0.15) is 30.3 Å². The Hall–Kier alpha value is -3.90. The lowest BCUT2D eigenvalue weighted by atomic mass is 10.1. The van der Waals surface area contributed by atoms with E-state index in [0.29, 0.717) is 69.7 Å². The Morgan fingerprint density at radius 1 is 1.17 bits per heavy atom. The molecule has 8 nitrogen and oxygen atoms in total. The van der Waals surface area contributed by atoms with Crippen molar-refractivity contribution in [1.29, 1.82) is 5.26 Å². The van der Waals surface area contributed by atoms with Crippen molar-refractivity contribution in [1.82, 2.24) is 9.97 Å². The van der Waals surface area contributed by atoms with Crippen molar-refractivity contribution < 1.29 is 19.3 Å². The number of ether oxygens (including phenoxy) is 3. The number of nitriles is 1. The summed E-state index contributed by atoms with van der Waals surface area (Å²) in [5.74, 6) is 1.08. The number of hydrogen-bond acceptors (Lipinski definition) is 8. The Kier molecular flexibility index (Phi) is 7.14. The van der Waals surface area contributed by atoms with Gasteiger partial charge in [-0.2, -0.15) is 5.26 Å². The number of anilines is 2. The first kappa shape index (κ1) is 23.8. The second kappa shape index (κ2) is 10.8. The van der Waals surface area contributed by atoms with E-state index in [9.17, 15) is 10.4 Å². The van der Waals surface area contributed by atoms with Crippen LogP contribution in [0.2, 0.25) is 5.02 Å². The predicted octanol–water partition coefficient (Wildman–Crippen LogP) is 5.14. The van der Waals surface area contributed by atoms with Gasteiger partial charge < -0.3 is 24.6 Å². The molecule has 0 bridgehead atoms.